The molecule has 1 heterocycles. The van der Waals surface area contributed by atoms with Gasteiger partial charge in [0.15, 0.2) is 0 Å². The van der Waals surface area contributed by atoms with Crippen LogP contribution in [0.1, 0.15) is 10.5 Å². The van der Waals surface area contributed by atoms with E-state index in [1.807, 2.05) is 5.43 Å². The van der Waals surface area contributed by atoms with Gasteiger partial charge in [0.05, 0.1) is 0 Å². The Morgan fingerprint density at radius 3 is 2.77 bits per heavy atom. The van der Waals surface area contributed by atoms with Crippen molar-refractivity contribution in [3.8, 4) is 0 Å². The predicted octanol–water partition coefficient (Wildman–Crippen LogP) is -0.211. The number of amides is 1. The zero-order valence-corrected chi connectivity index (χ0v) is 7.15. The van der Waals surface area contributed by atoms with Gasteiger partial charge in [0.25, 0.3) is 5.91 Å². The molecule has 0 spiro atoms. The maximum atomic E-state index is 11.0. The highest BCUT2D eigenvalue weighted by Crippen LogP contribution is 1.91. The van der Waals surface area contributed by atoms with Gasteiger partial charge in [0.1, 0.15) is 5.69 Å². The van der Waals surface area contributed by atoms with Gasteiger partial charge in [-0.15, -0.1) is 0 Å². The van der Waals surface area contributed by atoms with E-state index in [0.29, 0.717) is 0 Å². The third kappa shape index (κ3) is 2.99. The van der Waals surface area contributed by atoms with Crippen molar-refractivity contribution in [2.45, 2.75) is 0 Å². The minimum Gasteiger partial charge on any atom is -0.266 e. The van der Waals surface area contributed by atoms with Crippen molar-refractivity contribution in [3.63, 3.8) is 0 Å². The van der Waals surface area contributed by atoms with Crippen molar-refractivity contribution >= 4 is 16.4 Å². The van der Waals surface area contributed by atoms with E-state index < -0.39 is 16.4 Å². The topological polar surface area (TPSA) is 88.5 Å². The first-order valence-electron chi connectivity index (χ1n) is 3.21. The predicted molar refractivity (Wildman–Crippen MR) is 43.1 cm³/mol. The van der Waals surface area contributed by atoms with Crippen LogP contribution in [0.5, 0.6) is 0 Å². The van der Waals surface area contributed by atoms with Crippen molar-refractivity contribution in [2.24, 2.45) is 4.47 Å². The number of carbonyl (C=O) groups excluding carboxylic acids is 1. The van der Waals surface area contributed by atoms with Crippen LogP contribution in [-0.4, -0.2) is 19.3 Å². The monoisotopic (exact) mass is 199 g/mol. The van der Waals surface area contributed by atoms with Crippen molar-refractivity contribution in [1.29, 1.82) is 0 Å². The second kappa shape index (κ2) is 4.31. The van der Waals surface area contributed by atoms with Crippen molar-refractivity contribution < 1.29 is 13.2 Å². The molecule has 68 valence electrons. The second-order valence-electron chi connectivity index (χ2n) is 1.96. The molecule has 1 aromatic heterocycles. The Balaban J connectivity index is 2.76. The summed E-state index contributed by atoms with van der Waals surface area (Å²) in [6.07, 6.45) is 1.42. The number of rotatable bonds is 2. The molecular weight excluding hydrogens is 194 g/mol. The Morgan fingerprint density at radius 2 is 2.23 bits per heavy atom. The minimum atomic E-state index is -2.64. The molecule has 0 atom stereocenters. The van der Waals surface area contributed by atoms with Crippen LogP contribution in [0.2, 0.25) is 0 Å². The zero-order chi connectivity index (χ0) is 9.68. The fraction of sp³-hybridized carbons (Fsp3) is 0. The van der Waals surface area contributed by atoms with Gasteiger partial charge in [-0.05, 0) is 12.1 Å². The molecule has 13 heavy (non-hydrogen) atoms. The number of nitrogens with one attached hydrogen (secondary N) is 1. The van der Waals surface area contributed by atoms with Crippen LogP contribution in [0.4, 0.5) is 0 Å². The van der Waals surface area contributed by atoms with E-state index in [2.05, 4.69) is 9.46 Å². The molecular formula is C6H5N3O3S. The lowest BCUT2D eigenvalue weighted by Gasteiger charge is -1.94. The minimum absolute atomic E-state index is 0.108. The maximum Gasteiger partial charge on any atom is 0.332 e. The molecule has 1 aromatic rings. The van der Waals surface area contributed by atoms with Gasteiger partial charge in [0, 0.05) is 6.20 Å². The molecule has 0 unspecified atom stereocenters. The fourth-order valence-corrected chi connectivity index (χ4v) is 0.791. The van der Waals surface area contributed by atoms with Crippen LogP contribution in [0.3, 0.4) is 0 Å². The average molecular weight is 199 g/mol. The lowest BCUT2D eigenvalue weighted by molar-refractivity contribution is 0.0950. The standard InChI is InChI=1S/C6H5N3O3S/c10-6(8-9-13(11)12)5-3-1-2-4-7-5/h1-4H,(H,8,10). The SMILES string of the molecule is O=C(NN=S(=O)=O)c1ccccn1. The van der Waals surface area contributed by atoms with E-state index in [1.54, 1.807) is 12.1 Å². The first-order chi connectivity index (χ1) is 6.20. The number of hydrogen-bond donors (Lipinski definition) is 1. The van der Waals surface area contributed by atoms with Crippen molar-refractivity contribution in [1.82, 2.24) is 10.4 Å². The van der Waals surface area contributed by atoms with E-state index in [9.17, 15) is 13.2 Å². The van der Waals surface area contributed by atoms with Crippen LogP contribution in [0.25, 0.3) is 0 Å². The van der Waals surface area contributed by atoms with Crippen molar-refractivity contribution in [3.05, 3.63) is 30.1 Å². The first kappa shape index (κ1) is 9.33. The van der Waals surface area contributed by atoms with Crippen LogP contribution in [0, 0.1) is 0 Å². The van der Waals surface area contributed by atoms with Gasteiger partial charge >= 0.3 is 10.5 Å². The summed E-state index contributed by atoms with van der Waals surface area (Å²) < 4.78 is 22.6. The molecule has 0 radical (unpaired) electrons. The van der Waals surface area contributed by atoms with E-state index >= 15 is 0 Å². The highest BCUT2D eigenvalue weighted by Gasteiger charge is 2.03. The largest absolute Gasteiger partial charge is 0.332 e. The number of nitrogens with zero attached hydrogens (tertiary/aromatic N) is 2. The van der Waals surface area contributed by atoms with Crippen LogP contribution in [-0.2, 0) is 10.5 Å². The first-order valence-corrected chi connectivity index (χ1v) is 4.25. The number of carbonyl (C=O) groups is 1. The number of hydrogen-bond acceptors (Lipinski definition) is 5. The van der Waals surface area contributed by atoms with Gasteiger partial charge in [-0.25, -0.2) is 5.43 Å². The summed E-state index contributed by atoms with van der Waals surface area (Å²) in [5, 5.41) is 0. The lowest BCUT2D eigenvalue weighted by Crippen LogP contribution is -2.17. The van der Waals surface area contributed by atoms with Gasteiger partial charge in [-0.3, -0.25) is 9.78 Å². The molecule has 1 rings (SSSR count). The molecule has 0 aliphatic heterocycles. The highest BCUT2D eigenvalue weighted by molar-refractivity contribution is 7.61. The number of aromatic nitrogens is 1. The van der Waals surface area contributed by atoms with Gasteiger partial charge in [-0.1, -0.05) is 10.5 Å². The zero-order valence-electron chi connectivity index (χ0n) is 6.34. The van der Waals surface area contributed by atoms with E-state index in [4.69, 9.17) is 0 Å². The highest BCUT2D eigenvalue weighted by atomic mass is 32.2. The Morgan fingerprint density at radius 1 is 1.46 bits per heavy atom. The maximum absolute atomic E-state index is 11.0. The molecule has 0 aliphatic rings. The molecule has 0 fully saturated rings. The quantitative estimate of drug-likeness (QED) is 0.667. The Hall–Kier alpha value is -1.76. The molecule has 0 aromatic carbocycles. The summed E-state index contributed by atoms with van der Waals surface area (Å²) in [5.74, 6) is -0.662. The molecule has 1 amide bonds. The molecule has 0 saturated heterocycles. The summed E-state index contributed by atoms with van der Waals surface area (Å²) in [6, 6.07) is 4.69. The average Bonchev–Trinajstić information content (AvgIpc) is 2.15. The summed E-state index contributed by atoms with van der Waals surface area (Å²) in [6.45, 7) is 0. The number of pyridine rings is 1. The molecule has 7 heteroatoms. The third-order valence-corrected chi connectivity index (χ3v) is 1.36. The molecule has 6 nitrogen and oxygen atoms in total. The molecule has 0 aliphatic carbocycles. The van der Waals surface area contributed by atoms with Crippen LogP contribution >= 0.6 is 0 Å². The van der Waals surface area contributed by atoms with E-state index in [-0.39, 0.29) is 5.69 Å². The second-order valence-corrected chi connectivity index (χ2v) is 2.58. The summed E-state index contributed by atoms with van der Waals surface area (Å²) in [7, 11) is -2.64. The summed E-state index contributed by atoms with van der Waals surface area (Å²) in [4.78, 5) is 14.7. The van der Waals surface area contributed by atoms with Gasteiger partial charge < -0.3 is 0 Å². The summed E-state index contributed by atoms with van der Waals surface area (Å²) in [5.41, 5.74) is 1.92. The normalized spacial score (nSPS) is 8.92. The lowest BCUT2D eigenvalue weighted by atomic mass is 10.3. The fourth-order valence-electron chi connectivity index (χ4n) is 0.633. The van der Waals surface area contributed by atoms with Crippen LogP contribution in [0.15, 0.2) is 28.9 Å². The van der Waals surface area contributed by atoms with E-state index in [0.717, 1.165) is 0 Å². The summed E-state index contributed by atoms with van der Waals surface area (Å²) >= 11 is 0. The molecule has 1 N–H and O–H groups in total. The third-order valence-electron chi connectivity index (χ3n) is 1.12. The van der Waals surface area contributed by atoms with Gasteiger partial charge in [0.2, 0.25) is 0 Å². The van der Waals surface area contributed by atoms with Crippen LogP contribution < -0.4 is 5.43 Å². The Labute approximate surface area is 75.3 Å². The van der Waals surface area contributed by atoms with E-state index in [1.165, 1.54) is 12.3 Å². The molecule has 0 saturated carbocycles. The Bertz CT molecular complexity index is 418. The molecule has 0 bridgehead atoms. The Kier molecular flexibility index (Phi) is 3.09. The van der Waals surface area contributed by atoms with Crippen molar-refractivity contribution in [2.75, 3.05) is 0 Å². The smallest absolute Gasteiger partial charge is 0.266 e. The van der Waals surface area contributed by atoms with Gasteiger partial charge in [-0.2, -0.15) is 8.42 Å².